The van der Waals surface area contributed by atoms with Gasteiger partial charge in [-0.1, -0.05) is 48.5 Å². The fourth-order valence-electron chi connectivity index (χ4n) is 2.81. The summed E-state index contributed by atoms with van der Waals surface area (Å²) in [5.74, 6) is -0.642. The summed E-state index contributed by atoms with van der Waals surface area (Å²) in [6.45, 7) is 0. The minimum atomic E-state index is -0.903. The van der Waals surface area contributed by atoms with Crippen molar-refractivity contribution in [3.8, 4) is 0 Å². The first-order valence-corrected chi connectivity index (χ1v) is 7.36. The van der Waals surface area contributed by atoms with Gasteiger partial charge in [0.15, 0.2) is 0 Å². The molecule has 0 radical (unpaired) electrons. The number of aliphatic carboxylic acids is 1. The topological polar surface area (TPSA) is 49.7 Å². The maximum Gasteiger partial charge on any atom is 0.328 e. The summed E-state index contributed by atoms with van der Waals surface area (Å²) >= 11 is 0. The van der Waals surface area contributed by atoms with Gasteiger partial charge in [-0.25, -0.2) is 4.79 Å². The Balaban J connectivity index is 1.76. The number of fused-ring (bicyclic) bond motifs is 1. The molecular weight excluding hydrogens is 274 g/mol. The van der Waals surface area contributed by atoms with Crippen LogP contribution in [0.5, 0.6) is 0 Å². The molecule has 2 aromatic carbocycles. The normalized spacial score (nSPS) is 16.5. The third-order valence-electron chi connectivity index (χ3n) is 3.90. The van der Waals surface area contributed by atoms with Gasteiger partial charge in [-0.15, -0.1) is 0 Å². The Bertz CT molecular complexity index is 732. The summed E-state index contributed by atoms with van der Waals surface area (Å²) in [5, 5.41) is 9.09. The number of nitrogens with zero attached hydrogens (tertiary/aromatic N) is 1. The average molecular weight is 291 g/mol. The second-order valence-electron chi connectivity index (χ2n) is 5.36. The lowest BCUT2D eigenvalue weighted by atomic mass is 9.91. The van der Waals surface area contributed by atoms with Gasteiger partial charge in [-0.2, -0.15) is 0 Å². The highest BCUT2D eigenvalue weighted by Gasteiger charge is 2.18. The highest BCUT2D eigenvalue weighted by molar-refractivity contribution is 5.90. The van der Waals surface area contributed by atoms with E-state index in [9.17, 15) is 4.79 Å². The van der Waals surface area contributed by atoms with E-state index in [0.717, 1.165) is 23.2 Å². The quantitative estimate of drug-likeness (QED) is 0.828. The third kappa shape index (κ3) is 3.14. The maximum absolute atomic E-state index is 11.1. The summed E-state index contributed by atoms with van der Waals surface area (Å²) in [7, 11) is 0. The van der Waals surface area contributed by atoms with Crippen molar-refractivity contribution in [1.82, 2.24) is 0 Å². The number of carbonyl (C=O) groups is 1. The van der Waals surface area contributed by atoms with Crippen molar-refractivity contribution in [2.24, 2.45) is 4.99 Å². The number of benzene rings is 2. The summed E-state index contributed by atoms with van der Waals surface area (Å²) in [6, 6.07) is 17.8. The van der Waals surface area contributed by atoms with E-state index in [1.165, 1.54) is 11.6 Å². The molecular formula is C19H17NO2. The predicted molar refractivity (Wildman–Crippen MR) is 88.6 cm³/mol. The molecule has 3 nitrogen and oxygen atoms in total. The van der Waals surface area contributed by atoms with E-state index in [2.05, 4.69) is 11.1 Å². The molecule has 0 amide bonds. The Morgan fingerprint density at radius 3 is 2.59 bits per heavy atom. The van der Waals surface area contributed by atoms with Crippen LogP contribution in [-0.4, -0.2) is 17.3 Å². The molecule has 1 heterocycles. The first kappa shape index (κ1) is 14.3. The summed E-state index contributed by atoms with van der Waals surface area (Å²) in [4.78, 5) is 15.5. The summed E-state index contributed by atoms with van der Waals surface area (Å²) < 4.78 is 0. The Morgan fingerprint density at radius 2 is 1.82 bits per heavy atom. The zero-order valence-electron chi connectivity index (χ0n) is 12.1. The number of hydrogen-bond acceptors (Lipinski definition) is 2. The van der Waals surface area contributed by atoms with Gasteiger partial charge in [0.2, 0.25) is 0 Å². The van der Waals surface area contributed by atoms with Crippen LogP contribution in [0.4, 0.5) is 5.69 Å². The van der Waals surface area contributed by atoms with Crippen LogP contribution in [0.2, 0.25) is 0 Å². The first-order chi connectivity index (χ1) is 10.7. The lowest BCUT2D eigenvalue weighted by Gasteiger charge is -2.12. The first-order valence-electron chi connectivity index (χ1n) is 7.36. The number of allylic oxidation sites excluding steroid dienone is 1. The monoisotopic (exact) mass is 291 g/mol. The molecule has 0 saturated heterocycles. The molecule has 110 valence electrons. The molecule has 1 aliphatic rings. The van der Waals surface area contributed by atoms with Crippen molar-refractivity contribution in [3.63, 3.8) is 0 Å². The molecule has 3 rings (SSSR count). The standard InChI is InChI=1S/C19H17NO2/c21-19(22)12-15(14-6-2-1-3-7-14)10-11-16-13-20-18-9-5-4-8-17(16)18/h1-9,12-13,16H,10-11H2,(H,21,22)/b15-12+. The number of aliphatic imine (C=N–C) groups is 1. The van der Waals surface area contributed by atoms with E-state index in [1.807, 2.05) is 54.7 Å². The van der Waals surface area contributed by atoms with Crippen LogP contribution < -0.4 is 0 Å². The molecule has 0 aliphatic carbocycles. The van der Waals surface area contributed by atoms with Gasteiger partial charge in [0.1, 0.15) is 0 Å². The lowest BCUT2D eigenvalue weighted by Crippen LogP contribution is -1.99. The second kappa shape index (κ2) is 6.39. The zero-order valence-corrected chi connectivity index (χ0v) is 12.1. The minimum Gasteiger partial charge on any atom is -0.478 e. The van der Waals surface area contributed by atoms with E-state index in [4.69, 9.17) is 5.11 Å². The van der Waals surface area contributed by atoms with E-state index in [1.54, 1.807) is 0 Å². The molecule has 0 fully saturated rings. The second-order valence-corrected chi connectivity index (χ2v) is 5.36. The van der Waals surface area contributed by atoms with Crippen LogP contribution in [0.3, 0.4) is 0 Å². The molecule has 0 saturated carbocycles. The zero-order chi connectivity index (χ0) is 15.4. The molecule has 0 bridgehead atoms. The Kier molecular flexibility index (Phi) is 4.15. The van der Waals surface area contributed by atoms with Crippen molar-refractivity contribution < 1.29 is 9.90 Å². The van der Waals surface area contributed by atoms with Crippen molar-refractivity contribution in [3.05, 3.63) is 71.8 Å². The fourth-order valence-corrected chi connectivity index (χ4v) is 2.81. The van der Waals surface area contributed by atoms with Crippen LogP contribution in [0, 0.1) is 0 Å². The summed E-state index contributed by atoms with van der Waals surface area (Å²) in [6.07, 6.45) is 4.84. The average Bonchev–Trinajstić information content (AvgIpc) is 2.95. The fraction of sp³-hybridized carbons (Fsp3) is 0.158. The molecule has 2 aromatic rings. The van der Waals surface area contributed by atoms with Crippen molar-refractivity contribution >= 4 is 23.4 Å². The van der Waals surface area contributed by atoms with Gasteiger partial charge in [0.25, 0.3) is 0 Å². The predicted octanol–water partition coefficient (Wildman–Crippen LogP) is 4.43. The Hall–Kier alpha value is -2.68. The van der Waals surface area contributed by atoms with Gasteiger partial charge in [0.05, 0.1) is 5.69 Å². The molecule has 1 aliphatic heterocycles. The Morgan fingerprint density at radius 1 is 1.09 bits per heavy atom. The summed E-state index contributed by atoms with van der Waals surface area (Å²) in [5.41, 5.74) is 4.07. The van der Waals surface area contributed by atoms with E-state index >= 15 is 0 Å². The van der Waals surface area contributed by atoms with Gasteiger partial charge >= 0.3 is 5.97 Å². The smallest absolute Gasteiger partial charge is 0.328 e. The molecule has 0 spiro atoms. The van der Waals surface area contributed by atoms with E-state index < -0.39 is 5.97 Å². The van der Waals surface area contributed by atoms with Gasteiger partial charge in [0, 0.05) is 18.2 Å². The number of para-hydroxylation sites is 1. The third-order valence-corrected chi connectivity index (χ3v) is 3.90. The Labute approximate surface area is 129 Å². The SMILES string of the molecule is O=C(O)/C=C(\CCC1C=Nc2ccccc21)c1ccccc1. The number of carboxylic acids is 1. The van der Waals surface area contributed by atoms with Gasteiger partial charge < -0.3 is 5.11 Å². The lowest BCUT2D eigenvalue weighted by molar-refractivity contribution is -0.131. The number of carboxylic acid groups (broad SMARTS) is 1. The highest BCUT2D eigenvalue weighted by Crippen LogP contribution is 2.36. The van der Waals surface area contributed by atoms with Crippen LogP contribution >= 0.6 is 0 Å². The number of hydrogen-bond donors (Lipinski definition) is 1. The van der Waals surface area contributed by atoms with Crippen LogP contribution in [-0.2, 0) is 4.79 Å². The van der Waals surface area contributed by atoms with E-state index in [0.29, 0.717) is 6.42 Å². The van der Waals surface area contributed by atoms with Crippen molar-refractivity contribution in [2.45, 2.75) is 18.8 Å². The van der Waals surface area contributed by atoms with Crippen LogP contribution in [0.1, 0.15) is 29.9 Å². The largest absolute Gasteiger partial charge is 0.478 e. The van der Waals surface area contributed by atoms with E-state index in [-0.39, 0.29) is 5.92 Å². The van der Waals surface area contributed by atoms with Gasteiger partial charge in [-0.3, -0.25) is 4.99 Å². The molecule has 1 unspecified atom stereocenters. The molecule has 1 N–H and O–H groups in total. The maximum atomic E-state index is 11.1. The van der Waals surface area contributed by atoms with Crippen LogP contribution in [0.15, 0.2) is 65.7 Å². The van der Waals surface area contributed by atoms with Crippen molar-refractivity contribution in [2.75, 3.05) is 0 Å². The van der Waals surface area contributed by atoms with Gasteiger partial charge in [-0.05, 0) is 35.6 Å². The molecule has 3 heteroatoms. The number of rotatable bonds is 5. The molecule has 1 atom stereocenters. The van der Waals surface area contributed by atoms with Crippen LogP contribution in [0.25, 0.3) is 5.57 Å². The highest BCUT2D eigenvalue weighted by atomic mass is 16.4. The van der Waals surface area contributed by atoms with Crippen molar-refractivity contribution in [1.29, 1.82) is 0 Å². The molecule has 22 heavy (non-hydrogen) atoms. The molecule has 0 aromatic heterocycles. The minimum absolute atomic E-state index is 0.261.